The molecule has 1 rings (SSSR count). The first kappa shape index (κ1) is 11.1. The first-order valence-electron chi connectivity index (χ1n) is 5.34. The third kappa shape index (κ3) is 4.30. The van der Waals surface area contributed by atoms with E-state index in [4.69, 9.17) is 5.11 Å². The van der Waals surface area contributed by atoms with E-state index in [-0.39, 0.29) is 0 Å². The van der Waals surface area contributed by atoms with Gasteiger partial charge in [-0.1, -0.05) is 19.8 Å². The monoisotopic (exact) mass is 197 g/mol. The number of carboxylic acid groups (broad SMARTS) is 1. The van der Waals surface area contributed by atoms with Crippen LogP contribution in [0.4, 0.5) is 0 Å². The lowest BCUT2D eigenvalue weighted by molar-refractivity contribution is -0.131. The van der Waals surface area contributed by atoms with Gasteiger partial charge in [0, 0.05) is 18.3 Å². The molecule has 1 aliphatic rings. The molecule has 2 atom stereocenters. The molecule has 0 amide bonds. The maximum absolute atomic E-state index is 10.2. The molecule has 0 heterocycles. The van der Waals surface area contributed by atoms with E-state index in [2.05, 4.69) is 12.2 Å². The number of carbonyl (C=O) groups is 1. The van der Waals surface area contributed by atoms with E-state index in [9.17, 15) is 4.79 Å². The Morgan fingerprint density at radius 3 is 2.86 bits per heavy atom. The zero-order chi connectivity index (χ0) is 10.4. The van der Waals surface area contributed by atoms with Crippen molar-refractivity contribution in [1.29, 1.82) is 0 Å². The third-order valence-corrected chi connectivity index (χ3v) is 2.82. The van der Waals surface area contributed by atoms with Crippen molar-refractivity contribution in [2.75, 3.05) is 0 Å². The topological polar surface area (TPSA) is 49.3 Å². The molecule has 0 aromatic heterocycles. The Morgan fingerprint density at radius 1 is 1.36 bits per heavy atom. The molecule has 0 bridgehead atoms. The van der Waals surface area contributed by atoms with Crippen molar-refractivity contribution < 1.29 is 9.90 Å². The first-order valence-corrected chi connectivity index (χ1v) is 5.34. The summed E-state index contributed by atoms with van der Waals surface area (Å²) in [6.45, 7) is 2.29. The van der Waals surface area contributed by atoms with Crippen LogP contribution in [0.1, 0.15) is 39.0 Å². The summed E-state index contributed by atoms with van der Waals surface area (Å²) in [5.41, 5.74) is 0. The summed E-state index contributed by atoms with van der Waals surface area (Å²) in [4.78, 5) is 10.2. The quantitative estimate of drug-likeness (QED) is 0.538. The standard InChI is InChI=1S/C11H19NO2/c1-9-3-2-4-10(6-5-9)12-8-7-11(13)14/h7-10,12H,2-6H2,1H3,(H,13,14)/b8-7+. The highest BCUT2D eigenvalue weighted by Gasteiger charge is 2.14. The summed E-state index contributed by atoms with van der Waals surface area (Å²) in [5.74, 6) is -0.0651. The number of hydrogen-bond acceptors (Lipinski definition) is 2. The normalized spacial score (nSPS) is 28.6. The number of rotatable bonds is 3. The lowest BCUT2D eigenvalue weighted by Gasteiger charge is -2.13. The van der Waals surface area contributed by atoms with Crippen LogP contribution in [-0.4, -0.2) is 17.1 Å². The van der Waals surface area contributed by atoms with Crippen molar-refractivity contribution in [3.05, 3.63) is 12.3 Å². The second-order valence-electron chi connectivity index (χ2n) is 4.15. The van der Waals surface area contributed by atoms with Crippen LogP contribution in [0.3, 0.4) is 0 Å². The number of aliphatic carboxylic acids is 1. The smallest absolute Gasteiger partial charge is 0.329 e. The van der Waals surface area contributed by atoms with Crippen LogP contribution < -0.4 is 5.32 Å². The van der Waals surface area contributed by atoms with Crippen LogP contribution in [-0.2, 0) is 4.79 Å². The highest BCUT2D eigenvalue weighted by Crippen LogP contribution is 2.22. The van der Waals surface area contributed by atoms with Gasteiger partial charge in [0.25, 0.3) is 0 Å². The summed E-state index contributed by atoms with van der Waals surface area (Å²) in [5, 5.41) is 11.6. The molecule has 1 fully saturated rings. The van der Waals surface area contributed by atoms with E-state index in [1.54, 1.807) is 6.20 Å². The van der Waals surface area contributed by atoms with Gasteiger partial charge in [0.15, 0.2) is 0 Å². The second kappa shape index (κ2) is 5.68. The van der Waals surface area contributed by atoms with Crippen molar-refractivity contribution in [2.45, 2.75) is 45.1 Å². The Balaban J connectivity index is 2.27. The minimum Gasteiger partial charge on any atom is -0.478 e. The van der Waals surface area contributed by atoms with E-state index >= 15 is 0 Å². The molecule has 0 radical (unpaired) electrons. The summed E-state index contributed by atoms with van der Waals surface area (Å²) in [7, 11) is 0. The Labute approximate surface area is 85.2 Å². The molecule has 0 spiro atoms. The number of carboxylic acids is 1. The second-order valence-corrected chi connectivity index (χ2v) is 4.15. The fraction of sp³-hybridized carbons (Fsp3) is 0.727. The van der Waals surface area contributed by atoms with Gasteiger partial charge in [0.1, 0.15) is 0 Å². The van der Waals surface area contributed by atoms with E-state index in [1.165, 1.54) is 19.3 Å². The molecule has 3 nitrogen and oxygen atoms in total. The van der Waals surface area contributed by atoms with E-state index in [0.717, 1.165) is 24.8 Å². The van der Waals surface area contributed by atoms with Gasteiger partial charge in [-0.3, -0.25) is 0 Å². The van der Waals surface area contributed by atoms with Gasteiger partial charge in [-0.05, 0) is 25.2 Å². The lowest BCUT2D eigenvalue weighted by Crippen LogP contribution is -2.23. The van der Waals surface area contributed by atoms with Crippen molar-refractivity contribution in [3.8, 4) is 0 Å². The molecule has 14 heavy (non-hydrogen) atoms. The van der Waals surface area contributed by atoms with Crippen molar-refractivity contribution in [1.82, 2.24) is 5.32 Å². The maximum atomic E-state index is 10.2. The van der Waals surface area contributed by atoms with Crippen LogP contribution in [0.15, 0.2) is 12.3 Å². The Morgan fingerprint density at radius 2 is 2.14 bits per heavy atom. The molecule has 0 aromatic carbocycles. The molecule has 1 saturated carbocycles. The molecule has 2 N–H and O–H groups in total. The highest BCUT2D eigenvalue weighted by atomic mass is 16.4. The first-order chi connectivity index (χ1) is 6.68. The molecular weight excluding hydrogens is 178 g/mol. The van der Waals surface area contributed by atoms with Crippen LogP contribution >= 0.6 is 0 Å². The zero-order valence-electron chi connectivity index (χ0n) is 8.70. The van der Waals surface area contributed by atoms with Crippen molar-refractivity contribution >= 4 is 5.97 Å². The molecule has 80 valence electrons. The van der Waals surface area contributed by atoms with E-state index < -0.39 is 5.97 Å². The molecule has 2 unspecified atom stereocenters. The van der Waals surface area contributed by atoms with Gasteiger partial charge >= 0.3 is 5.97 Å². The number of hydrogen-bond donors (Lipinski definition) is 2. The maximum Gasteiger partial charge on any atom is 0.329 e. The highest BCUT2D eigenvalue weighted by molar-refractivity contribution is 5.79. The van der Waals surface area contributed by atoms with Gasteiger partial charge in [-0.2, -0.15) is 0 Å². The lowest BCUT2D eigenvalue weighted by atomic mass is 10.0. The van der Waals surface area contributed by atoms with Crippen LogP contribution in [0.2, 0.25) is 0 Å². The molecule has 0 saturated heterocycles. The summed E-state index contributed by atoms with van der Waals surface area (Å²) < 4.78 is 0. The van der Waals surface area contributed by atoms with Gasteiger partial charge in [0.05, 0.1) is 0 Å². The minimum atomic E-state index is -0.889. The Bertz CT molecular complexity index is 213. The summed E-state index contributed by atoms with van der Waals surface area (Å²) in [6, 6.07) is 0.468. The van der Waals surface area contributed by atoms with Gasteiger partial charge in [-0.15, -0.1) is 0 Å². The van der Waals surface area contributed by atoms with Gasteiger partial charge < -0.3 is 10.4 Å². The van der Waals surface area contributed by atoms with E-state index in [0.29, 0.717) is 6.04 Å². The SMILES string of the molecule is CC1CCCC(N/C=C/C(=O)O)CC1. The summed E-state index contributed by atoms with van der Waals surface area (Å²) >= 11 is 0. The Kier molecular flexibility index (Phi) is 4.50. The average molecular weight is 197 g/mol. The molecule has 1 aliphatic carbocycles. The fourth-order valence-corrected chi connectivity index (χ4v) is 1.91. The summed E-state index contributed by atoms with van der Waals surface area (Å²) in [6.07, 6.45) is 8.84. The minimum absolute atomic E-state index is 0.468. The van der Waals surface area contributed by atoms with Gasteiger partial charge in [-0.25, -0.2) is 4.79 Å². The molecule has 3 heteroatoms. The fourth-order valence-electron chi connectivity index (χ4n) is 1.91. The average Bonchev–Trinajstić information content (AvgIpc) is 2.30. The third-order valence-electron chi connectivity index (χ3n) is 2.82. The molecule has 0 aliphatic heterocycles. The molecule has 0 aromatic rings. The van der Waals surface area contributed by atoms with Crippen LogP contribution in [0.25, 0.3) is 0 Å². The van der Waals surface area contributed by atoms with Crippen LogP contribution in [0, 0.1) is 5.92 Å². The van der Waals surface area contributed by atoms with Crippen LogP contribution in [0.5, 0.6) is 0 Å². The van der Waals surface area contributed by atoms with E-state index in [1.807, 2.05) is 0 Å². The van der Waals surface area contributed by atoms with Crippen molar-refractivity contribution in [2.24, 2.45) is 5.92 Å². The molecular formula is C11H19NO2. The van der Waals surface area contributed by atoms with Crippen molar-refractivity contribution in [3.63, 3.8) is 0 Å². The largest absolute Gasteiger partial charge is 0.478 e. The predicted molar refractivity (Wildman–Crippen MR) is 55.9 cm³/mol. The zero-order valence-corrected chi connectivity index (χ0v) is 8.70. The number of nitrogens with one attached hydrogen (secondary N) is 1. The Hall–Kier alpha value is -0.990. The predicted octanol–water partition coefficient (Wildman–Crippen LogP) is 2.14. The van der Waals surface area contributed by atoms with Gasteiger partial charge in [0.2, 0.25) is 0 Å².